The maximum atomic E-state index is 13.8. The lowest BCUT2D eigenvalue weighted by Gasteiger charge is -2.32. The number of benzene rings is 1. The number of pyridine rings is 2. The zero-order valence-corrected chi connectivity index (χ0v) is 20.6. The van der Waals surface area contributed by atoms with Gasteiger partial charge in [-0.05, 0) is 60.7 Å². The van der Waals surface area contributed by atoms with Crippen LogP contribution >= 0.6 is 0 Å². The van der Waals surface area contributed by atoms with Crippen LogP contribution in [0.3, 0.4) is 0 Å². The van der Waals surface area contributed by atoms with Gasteiger partial charge in [0.25, 0.3) is 0 Å². The Hall–Kier alpha value is -3.85. The van der Waals surface area contributed by atoms with Crippen LogP contribution in [0.1, 0.15) is 42.7 Å². The molecule has 3 aromatic rings. The van der Waals surface area contributed by atoms with E-state index in [9.17, 15) is 14.3 Å². The van der Waals surface area contributed by atoms with Crippen LogP contribution in [0.15, 0.2) is 48.7 Å². The molecule has 1 aromatic carbocycles. The number of hydrogen-bond donors (Lipinski definition) is 3. The first-order valence-electron chi connectivity index (χ1n) is 11.9. The highest BCUT2D eigenvalue weighted by atomic mass is 19.1. The van der Waals surface area contributed by atoms with Gasteiger partial charge in [0, 0.05) is 55.0 Å². The summed E-state index contributed by atoms with van der Waals surface area (Å²) in [6.45, 7) is 5.22. The molecule has 0 saturated carbocycles. The Kier molecular flexibility index (Phi) is 7.59. The van der Waals surface area contributed by atoms with Crippen LogP contribution in [0.5, 0.6) is 0 Å². The van der Waals surface area contributed by atoms with Crippen LogP contribution in [0.2, 0.25) is 0 Å². The lowest BCUT2D eigenvalue weighted by Crippen LogP contribution is -2.37. The fourth-order valence-electron chi connectivity index (χ4n) is 4.25. The van der Waals surface area contributed by atoms with Gasteiger partial charge in [-0.1, -0.05) is 19.9 Å². The number of rotatable bonds is 8. The fourth-order valence-corrected chi connectivity index (χ4v) is 4.25. The van der Waals surface area contributed by atoms with Crippen molar-refractivity contribution >= 4 is 29.0 Å². The van der Waals surface area contributed by atoms with Crippen LogP contribution in [0.25, 0.3) is 11.1 Å². The van der Waals surface area contributed by atoms with Gasteiger partial charge in [-0.15, -0.1) is 0 Å². The summed E-state index contributed by atoms with van der Waals surface area (Å²) in [6.07, 6.45) is 3.54. The first-order chi connectivity index (χ1) is 17.2. The predicted molar refractivity (Wildman–Crippen MR) is 138 cm³/mol. The van der Waals surface area contributed by atoms with Crippen LogP contribution in [0.4, 0.5) is 21.7 Å². The van der Waals surface area contributed by atoms with Crippen LogP contribution in [0, 0.1) is 17.1 Å². The van der Waals surface area contributed by atoms with Gasteiger partial charge in [-0.25, -0.2) is 19.2 Å². The fraction of sp³-hybridized carbons (Fsp3) is 0.333. The number of carboxylic acids is 1. The van der Waals surface area contributed by atoms with E-state index in [4.69, 9.17) is 10.1 Å². The summed E-state index contributed by atoms with van der Waals surface area (Å²) in [5.74, 6) is -0.830. The van der Waals surface area contributed by atoms with Crippen LogP contribution < -0.4 is 10.2 Å². The SMILES string of the molecule is CC(C)C(=N)c1c(-c2ccc(N(C)C3CCOCC3)nc2)cc(C(=O)O)nc1Nc1cccc(F)c1. The zero-order chi connectivity index (χ0) is 25.8. The quantitative estimate of drug-likeness (QED) is 0.364. The van der Waals surface area contributed by atoms with Crippen LogP contribution in [-0.4, -0.2) is 53.1 Å². The third kappa shape index (κ3) is 5.52. The summed E-state index contributed by atoms with van der Waals surface area (Å²) in [5, 5.41) is 21.6. The number of hydrogen-bond acceptors (Lipinski definition) is 7. The van der Waals surface area contributed by atoms with Gasteiger partial charge >= 0.3 is 5.97 Å². The molecule has 36 heavy (non-hydrogen) atoms. The Morgan fingerprint density at radius 2 is 1.97 bits per heavy atom. The van der Waals surface area contributed by atoms with Crippen molar-refractivity contribution in [2.75, 3.05) is 30.5 Å². The van der Waals surface area contributed by atoms with E-state index in [2.05, 4.69) is 20.2 Å². The van der Waals surface area contributed by atoms with Crippen molar-refractivity contribution < 1.29 is 19.0 Å². The van der Waals surface area contributed by atoms with Gasteiger partial charge in [0.05, 0.1) is 0 Å². The minimum Gasteiger partial charge on any atom is -0.477 e. The van der Waals surface area contributed by atoms with E-state index in [0.29, 0.717) is 28.4 Å². The third-order valence-corrected chi connectivity index (χ3v) is 6.33. The summed E-state index contributed by atoms with van der Waals surface area (Å²) >= 11 is 0. The smallest absolute Gasteiger partial charge is 0.354 e. The first-order valence-corrected chi connectivity index (χ1v) is 11.9. The zero-order valence-electron chi connectivity index (χ0n) is 20.6. The van der Waals surface area contributed by atoms with Crippen LogP contribution in [-0.2, 0) is 4.74 Å². The molecule has 4 rings (SSSR count). The summed E-state index contributed by atoms with van der Waals surface area (Å²) in [5.41, 5.74) is 2.12. The molecule has 2 aromatic heterocycles. The monoisotopic (exact) mass is 491 g/mol. The molecule has 3 heterocycles. The first kappa shape index (κ1) is 25.2. The summed E-state index contributed by atoms with van der Waals surface area (Å²) in [6, 6.07) is 11.4. The predicted octanol–water partition coefficient (Wildman–Crippen LogP) is 5.36. The number of nitrogens with one attached hydrogen (secondary N) is 2. The summed E-state index contributed by atoms with van der Waals surface area (Å²) in [4.78, 5) is 23.0. The Balaban J connectivity index is 1.79. The molecule has 0 atom stereocenters. The molecule has 0 bridgehead atoms. The number of halogens is 1. The molecular formula is C27H30FN5O3. The highest BCUT2D eigenvalue weighted by Gasteiger charge is 2.24. The minimum atomic E-state index is -1.20. The maximum Gasteiger partial charge on any atom is 0.354 e. The second-order valence-corrected chi connectivity index (χ2v) is 9.15. The second-order valence-electron chi connectivity index (χ2n) is 9.15. The Bertz CT molecular complexity index is 1260. The molecule has 0 aliphatic carbocycles. The summed E-state index contributed by atoms with van der Waals surface area (Å²) < 4.78 is 19.3. The highest BCUT2D eigenvalue weighted by Crippen LogP contribution is 2.33. The number of aromatic carboxylic acids is 1. The number of carboxylic acid groups (broad SMARTS) is 1. The van der Waals surface area contributed by atoms with E-state index in [-0.39, 0.29) is 23.1 Å². The Labute approximate surface area is 209 Å². The average molecular weight is 492 g/mol. The molecular weight excluding hydrogens is 461 g/mol. The van der Waals surface area contributed by atoms with Crippen molar-refractivity contribution in [3.63, 3.8) is 0 Å². The maximum absolute atomic E-state index is 13.8. The lowest BCUT2D eigenvalue weighted by atomic mass is 9.92. The lowest BCUT2D eigenvalue weighted by molar-refractivity contribution is 0.0690. The van der Waals surface area contributed by atoms with Gasteiger partial charge in [0.1, 0.15) is 17.5 Å². The number of aromatic nitrogens is 2. The van der Waals surface area contributed by atoms with Gasteiger partial charge in [0.2, 0.25) is 0 Å². The molecule has 0 amide bonds. The topological polar surface area (TPSA) is 111 Å². The number of nitrogens with zero attached hydrogens (tertiary/aromatic N) is 3. The number of carbonyl (C=O) groups is 1. The largest absolute Gasteiger partial charge is 0.477 e. The molecule has 1 aliphatic heterocycles. The van der Waals surface area contributed by atoms with Crippen molar-refractivity contribution in [1.82, 2.24) is 9.97 Å². The summed E-state index contributed by atoms with van der Waals surface area (Å²) in [7, 11) is 2.01. The standard InChI is InChI=1S/C27H30FN5O3/c1-16(2)25(29)24-21(17-7-8-23(30-15-17)33(3)20-9-11-36-12-10-20)14-22(27(34)35)32-26(24)31-19-6-4-5-18(28)13-19/h4-8,13-16,20,29H,9-12H2,1-3H3,(H,31,32)(H,34,35). The van der Waals surface area contributed by atoms with Gasteiger partial charge in [-0.3, -0.25) is 0 Å². The normalized spacial score (nSPS) is 14.0. The molecule has 1 aliphatic rings. The van der Waals surface area contributed by atoms with Crippen molar-refractivity contribution in [3.8, 4) is 11.1 Å². The second kappa shape index (κ2) is 10.8. The molecule has 0 spiro atoms. The third-order valence-electron chi connectivity index (χ3n) is 6.33. The Morgan fingerprint density at radius 1 is 1.22 bits per heavy atom. The number of anilines is 3. The van der Waals surface area contributed by atoms with Crippen molar-refractivity contribution in [1.29, 1.82) is 5.41 Å². The van der Waals surface area contributed by atoms with Crippen molar-refractivity contribution in [2.45, 2.75) is 32.7 Å². The van der Waals surface area contributed by atoms with E-state index in [0.717, 1.165) is 31.9 Å². The Morgan fingerprint density at radius 3 is 2.58 bits per heavy atom. The average Bonchev–Trinajstić information content (AvgIpc) is 2.88. The van der Waals surface area contributed by atoms with E-state index in [1.54, 1.807) is 18.3 Å². The van der Waals surface area contributed by atoms with Gasteiger partial charge < -0.3 is 25.5 Å². The van der Waals surface area contributed by atoms with Crippen molar-refractivity contribution in [2.24, 2.45) is 5.92 Å². The number of ether oxygens (including phenoxy) is 1. The highest BCUT2D eigenvalue weighted by molar-refractivity contribution is 6.10. The molecule has 8 nitrogen and oxygen atoms in total. The van der Waals surface area contributed by atoms with E-state index in [1.807, 2.05) is 33.0 Å². The van der Waals surface area contributed by atoms with Crippen molar-refractivity contribution in [3.05, 3.63) is 65.7 Å². The van der Waals surface area contributed by atoms with E-state index >= 15 is 0 Å². The molecule has 9 heteroatoms. The van der Waals surface area contributed by atoms with E-state index in [1.165, 1.54) is 18.2 Å². The molecule has 1 fully saturated rings. The van der Waals surface area contributed by atoms with Gasteiger partial charge in [-0.2, -0.15) is 0 Å². The van der Waals surface area contributed by atoms with E-state index < -0.39 is 11.8 Å². The van der Waals surface area contributed by atoms with Gasteiger partial charge in [0.15, 0.2) is 5.69 Å². The molecule has 0 radical (unpaired) electrons. The minimum absolute atomic E-state index is 0.166. The molecule has 0 unspecified atom stereocenters. The molecule has 188 valence electrons. The molecule has 3 N–H and O–H groups in total. The molecule has 1 saturated heterocycles.